The Bertz CT molecular complexity index is 366. The SMILES string of the molecule is C=C(C)COC(=O)C1(C(C)(C)C)CCC2OC2C1. The van der Waals surface area contributed by atoms with E-state index in [2.05, 4.69) is 27.4 Å². The summed E-state index contributed by atoms with van der Waals surface area (Å²) in [6, 6.07) is 0. The van der Waals surface area contributed by atoms with Gasteiger partial charge in [0.15, 0.2) is 0 Å². The van der Waals surface area contributed by atoms with Gasteiger partial charge >= 0.3 is 5.97 Å². The highest BCUT2D eigenvalue weighted by Crippen LogP contribution is 2.55. The van der Waals surface area contributed by atoms with Crippen LogP contribution in [0.1, 0.15) is 47.0 Å². The highest BCUT2D eigenvalue weighted by atomic mass is 16.6. The minimum atomic E-state index is -0.403. The first-order chi connectivity index (χ1) is 8.26. The van der Waals surface area contributed by atoms with E-state index in [0.29, 0.717) is 12.7 Å². The standard InChI is InChI=1S/C15H24O3/c1-10(2)9-17-13(16)15(14(3,4)5)7-6-11-12(8-15)18-11/h11-12H,1,6-9H2,2-5H3. The van der Waals surface area contributed by atoms with Crippen LogP contribution in [0.25, 0.3) is 0 Å². The zero-order valence-electron chi connectivity index (χ0n) is 11.9. The van der Waals surface area contributed by atoms with Gasteiger partial charge in [0.05, 0.1) is 17.6 Å². The van der Waals surface area contributed by atoms with Crippen molar-refractivity contribution in [1.82, 2.24) is 0 Å². The first-order valence-corrected chi connectivity index (χ1v) is 6.73. The maximum absolute atomic E-state index is 12.5. The van der Waals surface area contributed by atoms with E-state index in [1.54, 1.807) is 0 Å². The molecule has 3 heteroatoms. The van der Waals surface area contributed by atoms with E-state index in [1.165, 1.54) is 0 Å². The second-order valence-corrected chi connectivity index (χ2v) is 6.82. The molecule has 3 nitrogen and oxygen atoms in total. The third kappa shape index (κ3) is 2.33. The lowest BCUT2D eigenvalue weighted by Gasteiger charge is -2.44. The molecule has 3 unspecified atom stereocenters. The Kier molecular flexibility index (Phi) is 3.30. The molecule has 0 aromatic heterocycles. The Labute approximate surface area is 110 Å². The van der Waals surface area contributed by atoms with Crippen molar-refractivity contribution in [2.45, 2.75) is 59.2 Å². The number of fused-ring (bicyclic) bond motifs is 1. The molecule has 1 saturated carbocycles. The van der Waals surface area contributed by atoms with E-state index in [4.69, 9.17) is 9.47 Å². The van der Waals surface area contributed by atoms with Crippen LogP contribution in [0.2, 0.25) is 0 Å². The van der Waals surface area contributed by atoms with Gasteiger partial charge in [-0.05, 0) is 37.2 Å². The Balaban J connectivity index is 2.14. The molecule has 1 heterocycles. The maximum atomic E-state index is 12.5. The van der Waals surface area contributed by atoms with Crippen LogP contribution in [0.3, 0.4) is 0 Å². The van der Waals surface area contributed by atoms with Crippen LogP contribution >= 0.6 is 0 Å². The number of ether oxygens (including phenoxy) is 2. The average Bonchev–Trinajstić information content (AvgIpc) is 3.01. The number of hydrogen-bond donors (Lipinski definition) is 0. The van der Waals surface area contributed by atoms with Gasteiger partial charge in [-0.15, -0.1) is 0 Å². The van der Waals surface area contributed by atoms with Crippen molar-refractivity contribution in [3.8, 4) is 0 Å². The lowest BCUT2D eigenvalue weighted by molar-refractivity contribution is -0.165. The predicted molar refractivity (Wildman–Crippen MR) is 70.2 cm³/mol. The second kappa shape index (κ2) is 4.37. The van der Waals surface area contributed by atoms with E-state index in [9.17, 15) is 4.79 Å². The molecular weight excluding hydrogens is 228 g/mol. The van der Waals surface area contributed by atoms with Crippen molar-refractivity contribution in [3.63, 3.8) is 0 Å². The van der Waals surface area contributed by atoms with Crippen molar-refractivity contribution in [3.05, 3.63) is 12.2 Å². The zero-order chi connectivity index (χ0) is 13.6. The van der Waals surface area contributed by atoms with Crippen molar-refractivity contribution in [2.24, 2.45) is 10.8 Å². The van der Waals surface area contributed by atoms with E-state index < -0.39 is 5.41 Å². The fourth-order valence-electron chi connectivity index (χ4n) is 2.95. The second-order valence-electron chi connectivity index (χ2n) is 6.82. The smallest absolute Gasteiger partial charge is 0.313 e. The summed E-state index contributed by atoms with van der Waals surface area (Å²) < 4.78 is 11.0. The zero-order valence-corrected chi connectivity index (χ0v) is 11.9. The van der Waals surface area contributed by atoms with Gasteiger partial charge in [0.2, 0.25) is 0 Å². The first-order valence-electron chi connectivity index (χ1n) is 6.73. The van der Waals surface area contributed by atoms with Crippen LogP contribution in [0.15, 0.2) is 12.2 Å². The molecule has 2 rings (SSSR count). The minimum absolute atomic E-state index is 0.0769. The van der Waals surface area contributed by atoms with Crippen molar-refractivity contribution in [1.29, 1.82) is 0 Å². The van der Waals surface area contributed by atoms with Crippen LogP contribution in [0, 0.1) is 10.8 Å². The lowest BCUT2D eigenvalue weighted by atomic mass is 9.59. The number of carbonyl (C=O) groups is 1. The number of hydrogen-bond acceptors (Lipinski definition) is 3. The molecule has 2 fully saturated rings. The Hall–Kier alpha value is -0.830. The molecule has 102 valence electrons. The van der Waals surface area contributed by atoms with Crippen molar-refractivity contribution < 1.29 is 14.3 Å². The van der Waals surface area contributed by atoms with Crippen LogP contribution in [-0.2, 0) is 14.3 Å². The molecule has 2 aliphatic rings. The molecule has 1 aliphatic heterocycles. The molecule has 0 aromatic carbocycles. The van der Waals surface area contributed by atoms with Gasteiger partial charge in [0.25, 0.3) is 0 Å². The Morgan fingerprint density at radius 3 is 2.61 bits per heavy atom. The number of esters is 1. The van der Waals surface area contributed by atoms with E-state index >= 15 is 0 Å². The summed E-state index contributed by atoms with van der Waals surface area (Å²) in [6.07, 6.45) is 3.32. The van der Waals surface area contributed by atoms with Gasteiger partial charge in [-0.25, -0.2) is 0 Å². The predicted octanol–water partition coefficient (Wildman–Crippen LogP) is 3.09. The first kappa shape index (κ1) is 13.6. The van der Waals surface area contributed by atoms with Gasteiger partial charge in [-0.3, -0.25) is 4.79 Å². The molecule has 0 bridgehead atoms. The lowest BCUT2D eigenvalue weighted by Crippen LogP contribution is -2.47. The topological polar surface area (TPSA) is 38.8 Å². The molecule has 1 aliphatic carbocycles. The molecule has 3 atom stereocenters. The molecule has 0 spiro atoms. The number of epoxide rings is 1. The molecule has 0 aromatic rings. The van der Waals surface area contributed by atoms with Gasteiger partial charge in [-0.1, -0.05) is 27.4 Å². The normalized spacial score (nSPS) is 34.7. The van der Waals surface area contributed by atoms with E-state index in [1.807, 2.05) is 6.92 Å². The summed E-state index contributed by atoms with van der Waals surface area (Å²) >= 11 is 0. The molecule has 18 heavy (non-hydrogen) atoms. The fraction of sp³-hybridized carbons (Fsp3) is 0.800. The summed E-state index contributed by atoms with van der Waals surface area (Å²) in [7, 11) is 0. The van der Waals surface area contributed by atoms with Gasteiger partial charge in [0, 0.05) is 0 Å². The van der Waals surface area contributed by atoms with Crippen molar-refractivity contribution in [2.75, 3.05) is 6.61 Å². The third-order valence-corrected chi connectivity index (χ3v) is 4.37. The Morgan fingerprint density at radius 1 is 1.44 bits per heavy atom. The monoisotopic (exact) mass is 252 g/mol. The van der Waals surface area contributed by atoms with Gasteiger partial charge < -0.3 is 9.47 Å². The molecule has 1 saturated heterocycles. The molecule has 0 N–H and O–H groups in total. The highest BCUT2D eigenvalue weighted by Gasteiger charge is 2.59. The van der Waals surface area contributed by atoms with Crippen LogP contribution in [-0.4, -0.2) is 24.8 Å². The molecule has 0 radical (unpaired) electrons. The number of rotatable bonds is 3. The van der Waals surface area contributed by atoms with Gasteiger partial charge in [0.1, 0.15) is 6.61 Å². The van der Waals surface area contributed by atoms with Gasteiger partial charge in [-0.2, -0.15) is 0 Å². The fourth-order valence-corrected chi connectivity index (χ4v) is 2.95. The largest absolute Gasteiger partial charge is 0.461 e. The summed E-state index contributed by atoms with van der Waals surface area (Å²) in [5.41, 5.74) is 0.375. The van der Waals surface area contributed by atoms with Crippen LogP contribution in [0.4, 0.5) is 0 Å². The summed E-state index contributed by atoms with van der Waals surface area (Å²) in [6.45, 7) is 12.3. The van der Waals surface area contributed by atoms with E-state index in [0.717, 1.165) is 24.8 Å². The Morgan fingerprint density at radius 2 is 2.11 bits per heavy atom. The summed E-state index contributed by atoms with van der Waals surface area (Å²) in [5, 5.41) is 0. The van der Waals surface area contributed by atoms with E-state index in [-0.39, 0.29) is 17.5 Å². The summed E-state index contributed by atoms with van der Waals surface area (Å²) in [4.78, 5) is 12.5. The number of carbonyl (C=O) groups excluding carboxylic acids is 1. The van der Waals surface area contributed by atoms with Crippen LogP contribution < -0.4 is 0 Å². The minimum Gasteiger partial charge on any atom is -0.461 e. The van der Waals surface area contributed by atoms with Crippen molar-refractivity contribution >= 4 is 5.97 Å². The summed E-state index contributed by atoms with van der Waals surface area (Å²) in [5.74, 6) is -0.0769. The highest BCUT2D eigenvalue weighted by molar-refractivity contribution is 5.78. The molecular formula is C15H24O3. The van der Waals surface area contributed by atoms with Crippen LogP contribution in [0.5, 0.6) is 0 Å². The average molecular weight is 252 g/mol. The molecule has 0 amide bonds. The third-order valence-electron chi connectivity index (χ3n) is 4.37. The maximum Gasteiger partial charge on any atom is 0.313 e. The quantitative estimate of drug-likeness (QED) is 0.440.